The van der Waals surface area contributed by atoms with Crippen LogP contribution in [0, 0.1) is 5.92 Å². The van der Waals surface area contributed by atoms with Crippen LogP contribution < -0.4 is 5.32 Å². The van der Waals surface area contributed by atoms with E-state index in [2.05, 4.69) is 28.2 Å². The van der Waals surface area contributed by atoms with E-state index in [1.54, 1.807) is 0 Å². The third-order valence-corrected chi connectivity index (χ3v) is 4.14. The molecule has 94 valence electrons. The molecule has 0 heterocycles. The van der Waals surface area contributed by atoms with E-state index in [1.807, 2.05) is 20.8 Å². The summed E-state index contributed by atoms with van der Waals surface area (Å²) in [4.78, 5) is 11.7. The van der Waals surface area contributed by atoms with Gasteiger partial charge >= 0.3 is 6.09 Å². The molecule has 1 fully saturated rings. The van der Waals surface area contributed by atoms with Crippen molar-refractivity contribution >= 4 is 22.0 Å². The smallest absolute Gasteiger partial charge is 0.408 e. The zero-order valence-electron chi connectivity index (χ0n) is 10.6. The number of amides is 1. The van der Waals surface area contributed by atoms with Crippen molar-refractivity contribution in [3.05, 3.63) is 0 Å². The molecule has 3 nitrogen and oxygen atoms in total. The van der Waals surface area contributed by atoms with Gasteiger partial charge in [-0.25, -0.2) is 4.79 Å². The molecule has 0 bridgehead atoms. The highest BCUT2D eigenvalue weighted by Crippen LogP contribution is 2.39. The van der Waals surface area contributed by atoms with Crippen molar-refractivity contribution in [2.24, 2.45) is 5.92 Å². The van der Waals surface area contributed by atoms with Gasteiger partial charge in [-0.1, -0.05) is 22.9 Å². The fraction of sp³-hybridized carbons (Fsp3) is 0.917. The van der Waals surface area contributed by atoms with Gasteiger partial charge in [0.15, 0.2) is 0 Å². The summed E-state index contributed by atoms with van der Waals surface area (Å²) in [6.07, 6.45) is 3.01. The van der Waals surface area contributed by atoms with Crippen LogP contribution in [0.1, 0.15) is 47.0 Å². The predicted molar refractivity (Wildman–Crippen MR) is 68.9 cm³/mol. The van der Waals surface area contributed by atoms with Crippen LogP contribution in [-0.2, 0) is 4.74 Å². The molecule has 0 saturated heterocycles. The maximum Gasteiger partial charge on any atom is 0.408 e. The van der Waals surface area contributed by atoms with E-state index in [1.165, 1.54) is 6.42 Å². The molecule has 16 heavy (non-hydrogen) atoms. The van der Waals surface area contributed by atoms with Crippen molar-refractivity contribution in [1.82, 2.24) is 5.32 Å². The van der Waals surface area contributed by atoms with E-state index < -0.39 is 5.60 Å². The van der Waals surface area contributed by atoms with Gasteiger partial charge in [-0.15, -0.1) is 0 Å². The number of halogens is 1. The van der Waals surface area contributed by atoms with Crippen LogP contribution in [0.25, 0.3) is 0 Å². The van der Waals surface area contributed by atoms with Crippen molar-refractivity contribution in [2.75, 3.05) is 5.33 Å². The fourth-order valence-electron chi connectivity index (χ4n) is 1.95. The summed E-state index contributed by atoms with van der Waals surface area (Å²) in [7, 11) is 0. The lowest BCUT2D eigenvalue weighted by Gasteiger charge is -2.46. The van der Waals surface area contributed by atoms with E-state index in [0.717, 1.165) is 18.2 Å². The van der Waals surface area contributed by atoms with Crippen molar-refractivity contribution in [2.45, 2.75) is 58.1 Å². The first kappa shape index (κ1) is 13.8. The molecule has 0 aromatic heterocycles. The fourth-order valence-corrected chi connectivity index (χ4v) is 2.57. The first-order valence-corrected chi connectivity index (χ1v) is 6.98. The van der Waals surface area contributed by atoms with Crippen LogP contribution in [0.2, 0.25) is 0 Å². The molecule has 0 aliphatic heterocycles. The monoisotopic (exact) mass is 291 g/mol. The number of hydrogen-bond acceptors (Lipinski definition) is 2. The van der Waals surface area contributed by atoms with Gasteiger partial charge in [-0.05, 0) is 46.0 Å². The maximum absolute atomic E-state index is 11.7. The minimum Gasteiger partial charge on any atom is -0.444 e. The maximum atomic E-state index is 11.7. The quantitative estimate of drug-likeness (QED) is 0.809. The van der Waals surface area contributed by atoms with Crippen molar-refractivity contribution in [3.63, 3.8) is 0 Å². The summed E-state index contributed by atoms with van der Waals surface area (Å²) in [5.41, 5.74) is -0.474. The molecule has 4 heteroatoms. The number of carbonyl (C=O) groups is 1. The number of rotatable bonds is 3. The van der Waals surface area contributed by atoms with Gasteiger partial charge in [0.2, 0.25) is 0 Å². The van der Waals surface area contributed by atoms with Gasteiger partial charge in [-0.2, -0.15) is 0 Å². The third kappa shape index (κ3) is 3.37. The molecule has 1 amide bonds. The van der Waals surface area contributed by atoms with Crippen LogP contribution in [0.5, 0.6) is 0 Å². The minimum absolute atomic E-state index is 0.0498. The Kier molecular flexibility index (Phi) is 4.27. The highest BCUT2D eigenvalue weighted by molar-refractivity contribution is 9.09. The second-order valence-electron chi connectivity index (χ2n) is 5.69. The Bertz CT molecular complexity index is 256. The zero-order valence-corrected chi connectivity index (χ0v) is 12.2. The lowest BCUT2D eigenvalue weighted by molar-refractivity contribution is 0.0309. The van der Waals surface area contributed by atoms with Gasteiger partial charge < -0.3 is 10.1 Å². The highest BCUT2D eigenvalue weighted by Gasteiger charge is 2.43. The summed E-state index contributed by atoms with van der Waals surface area (Å²) in [6.45, 7) is 7.81. The first-order chi connectivity index (χ1) is 7.29. The molecule has 1 N–H and O–H groups in total. The van der Waals surface area contributed by atoms with Crippen LogP contribution in [0.15, 0.2) is 0 Å². The van der Waals surface area contributed by atoms with E-state index in [4.69, 9.17) is 4.74 Å². The second-order valence-corrected chi connectivity index (χ2v) is 6.34. The lowest BCUT2D eigenvalue weighted by atomic mass is 9.69. The molecule has 1 atom stereocenters. The Hall–Kier alpha value is -0.250. The minimum atomic E-state index is -0.424. The molecular weight excluding hydrogens is 270 g/mol. The molecule has 1 unspecified atom stereocenters. The van der Waals surface area contributed by atoms with Gasteiger partial charge in [0.25, 0.3) is 0 Å². The Labute approximate surface area is 106 Å². The average Bonchev–Trinajstić information content (AvgIpc) is 2.07. The number of ether oxygens (including phenoxy) is 1. The topological polar surface area (TPSA) is 38.3 Å². The number of nitrogens with one attached hydrogen (secondary N) is 1. The van der Waals surface area contributed by atoms with Gasteiger partial charge in [-0.3, -0.25) is 0 Å². The van der Waals surface area contributed by atoms with E-state index >= 15 is 0 Å². The van der Waals surface area contributed by atoms with Crippen LogP contribution in [0.4, 0.5) is 4.79 Å². The average molecular weight is 292 g/mol. The second kappa shape index (κ2) is 4.94. The molecule has 1 rings (SSSR count). The largest absolute Gasteiger partial charge is 0.444 e. The number of hydrogen-bond donors (Lipinski definition) is 1. The van der Waals surface area contributed by atoms with Crippen molar-refractivity contribution in [3.8, 4) is 0 Å². The van der Waals surface area contributed by atoms with Crippen LogP contribution in [0.3, 0.4) is 0 Å². The highest BCUT2D eigenvalue weighted by atomic mass is 79.9. The molecule has 0 spiro atoms. The normalized spacial score (nSPS) is 20.8. The molecule has 0 aromatic rings. The van der Waals surface area contributed by atoms with Crippen LogP contribution in [-0.4, -0.2) is 22.6 Å². The van der Waals surface area contributed by atoms with Crippen LogP contribution >= 0.6 is 15.9 Å². The Morgan fingerprint density at radius 3 is 2.38 bits per heavy atom. The third-order valence-electron chi connectivity index (χ3n) is 3.17. The summed E-state index contributed by atoms with van der Waals surface area (Å²) in [5.74, 6) is 0.439. The molecular formula is C12H22BrNO2. The summed E-state index contributed by atoms with van der Waals surface area (Å²) >= 11 is 3.48. The number of alkyl carbamates (subject to hydrolysis) is 1. The summed E-state index contributed by atoms with van der Waals surface area (Å²) < 4.78 is 5.30. The van der Waals surface area contributed by atoms with Crippen molar-refractivity contribution < 1.29 is 9.53 Å². The van der Waals surface area contributed by atoms with E-state index in [-0.39, 0.29) is 11.6 Å². The molecule has 1 aliphatic carbocycles. The zero-order chi connectivity index (χ0) is 12.4. The van der Waals surface area contributed by atoms with E-state index in [9.17, 15) is 4.79 Å². The number of carbonyl (C=O) groups excluding carboxylic acids is 1. The Morgan fingerprint density at radius 1 is 1.50 bits per heavy atom. The van der Waals surface area contributed by atoms with Crippen molar-refractivity contribution in [1.29, 1.82) is 0 Å². The summed E-state index contributed by atoms with van der Waals surface area (Å²) in [6, 6.07) is 0. The van der Waals surface area contributed by atoms with Gasteiger partial charge in [0, 0.05) is 10.9 Å². The Morgan fingerprint density at radius 2 is 2.06 bits per heavy atom. The van der Waals surface area contributed by atoms with Gasteiger partial charge in [0.1, 0.15) is 5.60 Å². The summed E-state index contributed by atoms with van der Waals surface area (Å²) in [5, 5.41) is 3.95. The molecule has 0 aromatic carbocycles. The number of alkyl halides is 1. The van der Waals surface area contributed by atoms with Gasteiger partial charge in [0.05, 0.1) is 0 Å². The molecule has 0 radical (unpaired) electrons. The van der Waals surface area contributed by atoms with E-state index in [0.29, 0.717) is 5.92 Å². The lowest BCUT2D eigenvalue weighted by Crippen LogP contribution is -2.59. The predicted octanol–water partition coefficient (Wildman–Crippen LogP) is 3.46. The SMILES string of the molecule is CC(CBr)C1(NC(=O)OC(C)(C)C)CCC1. The standard InChI is InChI=1S/C12H22BrNO2/c1-9(8-13)12(6-5-7-12)14-10(15)16-11(2,3)4/h9H,5-8H2,1-4H3,(H,14,15). The Balaban J connectivity index is 2.54. The molecule has 1 saturated carbocycles. The first-order valence-electron chi connectivity index (χ1n) is 5.86. The molecule has 1 aliphatic rings.